The van der Waals surface area contributed by atoms with Crippen LogP contribution in [0, 0.1) is 23.7 Å². The molecule has 0 aliphatic heterocycles. The molecule has 4 saturated carbocycles. The van der Waals surface area contributed by atoms with E-state index in [4.69, 9.17) is 0 Å². The Bertz CT molecular complexity index is 505. The standard InChI is InChI=1S/C19H26N2O.ClH/c22-18(12-20-11-13-4-2-1-3-5-13)21-19-16-7-14-6-15(9-16)10-17(19)8-14;/h1-5,14-17,19-20H,6-12H2,(H,21,22);1H. The smallest absolute Gasteiger partial charge is 0.234 e. The molecular weight excluding hydrogens is 308 g/mol. The van der Waals surface area contributed by atoms with Crippen LogP contribution in [0.5, 0.6) is 0 Å². The van der Waals surface area contributed by atoms with Crippen molar-refractivity contribution < 1.29 is 4.79 Å². The summed E-state index contributed by atoms with van der Waals surface area (Å²) >= 11 is 0. The van der Waals surface area contributed by atoms with Crippen molar-refractivity contribution in [1.29, 1.82) is 0 Å². The maximum atomic E-state index is 12.3. The van der Waals surface area contributed by atoms with Crippen LogP contribution in [0.3, 0.4) is 0 Å². The molecule has 1 aromatic carbocycles. The van der Waals surface area contributed by atoms with Gasteiger partial charge in [-0.05, 0) is 61.3 Å². The average Bonchev–Trinajstić information content (AvgIpc) is 2.51. The lowest BCUT2D eigenvalue weighted by Crippen LogP contribution is -2.56. The van der Waals surface area contributed by atoms with Crippen LogP contribution in [0.4, 0.5) is 0 Å². The van der Waals surface area contributed by atoms with Crippen molar-refractivity contribution in [2.24, 2.45) is 23.7 Å². The number of rotatable bonds is 5. The maximum Gasteiger partial charge on any atom is 0.234 e. The van der Waals surface area contributed by atoms with Gasteiger partial charge in [0.05, 0.1) is 6.54 Å². The van der Waals surface area contributed by atoms with Gasteiger partial charge < -0.3 is 10.6 Å². The Kier molecular flexibility index (Phi) is 5.27. The van der Waals surface area contributed by atoms with E-state index in [1.54, 1.807) is 0 Å². The number of amides is 1. The van der Waals surface area contributed by atoms with Crippen LogP contribution >= 0.6 is 12.4 Å². The molecule has 0 aromatic heterocycles. The second kappa shape index (κ2) is 7.23. The summed E-state index contributed by atoms with van der Waals surface area (Å²) in [6.07, 6.45) is 6.89. The average molecular weight is 335 g/mol. The first-order chi connectivity index (χ1) is 10.8. The van der Waals surface area contributed by atoms with Gasteiger partial charge in [0, 0.05) is 12.6 Å². The van der Waals surface area contributed by atoms with Gasteiger partial charge in [-0.2, -0.15) is 0 Å². The summed E-state index contributed by atoms with van der Waals surface area (Å²) in [4.78, 5) is 12.3. The number of hydrogen-bond donors (Lipinski definition) is 2. The zero-order valence-corrected chi connectivity index (χ0v) is 14.4. The second-order valence-electron chi connectivity index (χ2n) is 7.61. The van der Waals surface area contributed by atoms with Crippen LogP contribution in [0.25, 0.3) is 0 Å². The zero-order chi connectivity index (χ0) is 14.9. The third-order valence-corrected chi connectivity index (χ3v) is 6.01. The van der Waals surface area contributed by atoms with Crippen molar-refractivity contribution in [3.05, 3.63) is 35.9 Å². The van der Waals surface area contributed by atoms with E-state index in [9.17, 15) is 4.79 Å². The van der Waals surface area contributed by atoms with Gasteiger partial charge in [0.15, 0.2) is 0 Å². The minimum Gasteiger partial charge on any atom is -0.352 e. The van der Waals surface area contributed by atoms with Crippen LogP contribution in [-0.4, -0.2) is 18.5 Å². The molecule has 4 aliphatic rings. The third kappa shape index (κ3) is 3.72. The molecule has 4 fully saturated rings. The fraction of sp³-hybridized carbons (Fsp3) is 0.632. The Balaban J connectivity index is 0.00000156. The topological polar surface area (TPSA) is 41.1 Å². The SMILES string of the molecule is Cl.O=C(CNCc1ccccc1)NC1C2CC3CC(C2)CC1C3. The van der Waals surface area contributed by atoms with E-state index in [2.05, 4.69) is 22.8 Å². The fourth-order valence-corrected chi connectivity index (χ4v) is 5.31. The van der Waals surface area contributed by atoms with E-state index < -0.39 is 0 Å². The number of carbonyl (C=O) groups excluding carboxylic acids is 1. The Morgan fingerprint density at radius 1 is 0.957 bits per heavy atom. The molecule has 4 aliphatic carbocycles. The van der Waals surface area contributed by atoms with Gasteiger partial charge in [-0.15, -0.1) is 12.4 Å². The Hall–Kier alpha value is -1.06. The van der Waals surface area contributed by atoms with E-state index in [0.29, 0.717) is 12.6 Å². The molecule has 4 bridgehead atoms. The number of carbonyl (C=O) groups is 1. The van der Waals surface area contributed by atoms with E-state index in [1.807, 2.05) is 18.2 Å². The van der Waals surface area contributed by atoms with Crippen LogP contribution < -0.4 is 10.6 Å². The minimum atomic E-state index is 0. The second-order valence-corrected chi connectivity index (χ2v) is 7.61. The van der Waals surface area contributed by atoms with E-state index >= 15 is 0 Å². The fourth-order valence-electron chi connectivity index (χ4n) is 5.31. The molecule has 3 nitrogen and oxygen atoms in total. The van der Waals surface area contributed by atoms with Crippen molar-refractivity contribution in [2.75, 3.05) is 6.54 Å². The van der Waals surface area contributed by atoms with Gasteiger partial charge in [0.25, 0.3) is 0 Å². The molecular formula is C19H27ClN2O. The lowest BCUT2D eigenvalue weighted by molar-refractivity contribution is -0.124. The molecule has 23 heavy (non-hydrogen) atoms. The van der Waals surface area contributed by atoms with Crippen molar-refractivity contribution >= 4 is 18.3 Å². The molecule has 0 atom stereocenters. The molecule has 126 valence electrons. The summed E-state index contributed by atoms with van der Waals surface area (Å²) in [5, 5.41) is 6.61. The quantitative estimate of drug-likeness (QED) is 0.868. The van der Waals surface area contributed by atoms with Crippen LogP contribution in [-0.2, 0) is 11.3 Å². The van der Waals surface area contributed by atoms with Crippen molar-refractivity contribution in [2.45, 2.75) is 44.7 Å². The van der Waals surface area contributed by atoms with Crippen molar-refractivity contribution in [1.82, 2.24) is 10.6 Å². The summed E-state index contributed by atoms with van der Waals surface area (Å²) in [6, 6.07) is 10.7. The highest BCUT2D eigenvalue weighted by Crippen LogP contribution is 2.53. The molecule has 0 spiro atoms. The Morgan fingerprint density at radius 2 is 1.57 bits per heavy atom. The predicted octanol–water partition coefficient (Wildman–Crippen LogP) is 3.14. The van der Waals surface area contributed by atoms with E-state index in [-0.39, 0.29) is 18.3 Å². The maximum absolute atomic E-state index is 12.3. The van der Waals surface area contributed by atoms with Gasteiger partial charge in [0.2, 0.25) is 5.91 Å². The van der Waals surface area contributed by atoms with Crippen molar-refractivity contribution in [3.8, 4) is 0 Å². The zero-order valence-electron chi connectivity index (χ0n) is 13.5. The molecule has 1 aromatic rings. The summed E-state index contributed by atoms with van der Waals surface area (Å²) in [5.41, 5.74) is 1.23. The number of nitrogens with one attached hydrogen (secondary N) is 2. The van der Waals surface area contributed by atoms with Gasteiger partial charge in [0.1, 0.15) is 0 Å². The molecule has 0 unspecified atom stereocenters. The third-order valence-electron chi connectivity index (χ3n) is 6.01. The van der Waals surface area contributed by atoms with Gasteiger partial charge in [-0.25, -0.2) is 0 Å². The van der Waals surface area contributed by atoms with Gasteiger partial charge >= 0.3 is 0 Å². The van der Waals surface area contributed by atoms with Crippen LogP contribution in [0.1, 0.15) is 37.7 Å². The highest BCUT2D eigenvalue weighted by molar-refractivity contribution is 5.85. The van der Waals surface area contributed by atoms with Crippen molar-refractivity contribution in [3.63, 3.8) is 0 Å². The summed E-state index contributed by atoms with van der Waals surface area (Å²) < 4.78 is 0. The summed E-state index contributed by atoms with van der Waals surface area (Å²) in [5.74, 6) is 3.62. The first-order valence-corrected chi connectivity index (χ1v) is 8.82. The number of benzene rings is 1. The largest absolute Gasteiger partial charge is 0.352 e. The molecule has 2 N–H and O–H groups in total. The number of halogens is 1. The number of hydrogen-bond acceptors (Lipinski definition) is 2. The first-order valence-electron chi connectivity index (χ1n) is 8.82. The highest BCUT2D eigenvalue weighted by atomic mass is 35.5. The molecule has 0 heterocycles. The normalized spacial score (nSPS) is 34.0. The van der Waals surface area contributed by atoms with Crippen LogP contribution in [0.2, 0.25) is 0 Å². The summed E-state index contributed by atoms with van der Waals surface area (Å²) in [6.45, 7) is 1.19. The Morgan fingerprint density at radius 3 is 2.17 bits per heavy atom. The lowest BCUT2D eigenvalue weighted by Gasteiger charge is -2.54. The first kappa shape index (κ1) is 16.8. The summed E-state index contributed by atoms with van der Waals surface area (Å²) in [7, 11) is 0. The lowest BCUT2D eigenvalue weighted by atomic mass is 9.54. The molecule has 5 rings (SSSR count). The Labute approximate surface area is 145 Å². The van der Waals surface area contributed by atoms with Gasteiger partial charge in [-0.1, -0.05) is 30.3 Å². The van der Waals surface area contributed by atoms with Crippen LogP contribution in [0.15, 0.2) is 30.3 Å². The monoisotopic (exact) mass is 334 g/mol. The molecule has 4 heteroatoms. The van der Waals surface area contributed by atoms with E-state index in [1.165, 1.54) is 37.7 Å². The minimum absolute atomic E-state index is 0. The van der Waals surface area contributed by atoms with Gasteiger partial charge in [-0.3, -0.25) is 4.79 Å². The molecule has 1 amide bonds. The highest BCUT2D eigenvalue weighted by Gasteiger charge is 2.48. The van der Waals surface area contributed by atoms with E-state index in [0.717, 1.165) is 30.2 Å². The molecule has 0 radical (unpaired) electrons. The predicted molar refractivity (Wildman–Crippen MR) is 94.4 cm³/mol. The molecule has 0 saturated heterocycles.